The number of hydrogen-bond acceptors (Lipinski definition) is 4. The SMILES string of the molecule is CC(C)c1cc(CC(=O)O)nc(N)n1. The molecule has 0 unspecified atom stereocenters. The number of hydrogen-bond donors (Lipinski definition) is 2. The van der Waals surface area contributed by atoms with Gasteiger partial charge in [-0.1, -0.05) is 13.8 Å². The van der Waals surface area contributed by atoms with Crippen LogP contribution in [0.4, 0.5) is 5.95 Å². The highest BCUT2D eigenvalue weighted by Gasteiger charge is 2.08. The molecule has 0 bridgehead atoms. The summed E-state index contributed by atoms with van der Waals surface area (Å²) in [6.07, 6.45) is -0.119. The molecule has 0 saturated carbocycles. The van der Waals surface area contributed by atoms with Gasteiger partial charge in [0.05, 0.1) is 12.1 Å². The summed E-state index contributed by atoms with van der Waals surface area (Å²) in [4.78, 5) is 18.3. The molecule has 1 heterocycles. The Morgan fingerprint density at radius 3 is 2.71 bits per heavy atom. The van der Waals surface area contributed by atoms with Crippen LogP contribution in [0.25, 0.3) is 0 Å². The largest absolute Gasteiger partial charge is 0.481 e. The Balaban J connectivity index is 3.01. The number of carboxylic acids is 1. The smallest absolute Gasteiger partial charge is 0.309 e. The first-order valence-corrected chi connectivity index (χ1v) is 4.34. The Labute approximate surface area is 82.0 Å². The van der Waals surface area contributed by atoms with Crippen molar-refractivity contribution in [2.75, 3.05) is 5.73 Å². The predicted molar refractivity (Wildman–Crippen MR) is 51.9 cm³/mol. The number of nitrogens with zero attached hydrogens (tertiary/aromatic N) is 2. The van der Waals surface area contributed by atoms with E-state index in [0.29, 0.717) is 5.69 Å². The van der Waals surface area contributed by atoms with E-state index in [9.17, 15) is 4.79 Å². The predicted octanol–water partition coefficient (Wildman–Crippen LogP) is 0.809. The van der Waals surface area contributed by atoms with Crippen molar-refractivity contribution in [3.05, 3.63) is 17.5 Å². The van der Waals surface area contributed by atoms with Gasteiger partial charge in [-0.2, -0.15) is 0 Å². The van der Waals surface area contributed by atoms with Crippen LogP contribution in [0.5, 0.6) is 0 Å². The average molecular weight is 195 g/mol. The van der Waals surface area contributed by atoms with Gasteiger partial charge in [-0.15, -0.1) is 0 Å². The zero-order chi connectivity index (χ0) is 10.7. The van der Waals surface area contributed by atoms with Crippen LogP contribution in [0.15, 0.2) is 6.07 Å². The van der Waals surface area contributed by atoms with Crippen LogP contribution >= 0.6 is 0 Å². The van der Waals surface area contributed by atoms with Crippen molar-refractivity contribution in [3.8, 4) is 0 Å². The van der Waals surface area contributed by atoms with Gasteiger partial charge in [0.25, 0.3) is 0 Å². The second-order valence-electron chi connectivity index (χ2n) is 3.37. The molecule has 0 amide bonds. The van der Waals surface area contributed by atoms with Crippen molar-refractivity contribution >= 4 is 11.9 Å². The summed E-state index contributed by atoms with van der Waals surface area (Å²) in [6, 6.07) is 1.68. The molecule has 0 fully saturated rings. The van der Waals surface area contributed by atoms with Crippen molar-refractivity contribution < 1.29 is 9.90 Å². The van der Waals surface area contributed by atoms with E-state index >= 15 is 0 Å². The molecule has 1 aromatic rings. The summed E-state index contributed by atoms with van der Waals surface area (Å²) >= 11 is 0. The van der Waals surface area contributed by atoms with Crippen LogP contribution in [-0.4, -0.2) is 21.0 Å². The van der Waals surface area contributed by atoms with Gasteiger partial charge >= 0.3 is 5.97 Å². The molecule has 1 rings (SSSR count). The Bertz CT molecular complexity index is 350. The van der Waals surface area contributed by atoms with E-state index in [1.165, 1.54) is 0 Å². The number of nitrogen functional groups attached to an aromatic ring is 1. The van der Waals surface area contributed by atoms with Gasteiger partial charge in [-0.05, 0) is 12.0 Å². The number of aliphatic carboxylic acids is 1. The summed E-state index contributed by atoms with van der Waals surface area (Å²) in [7, 11) is 0. The van der Waals surface area contributed by atoms with Crippen molar-refractivity contribution in [1.29, 1.82) is 0 Å². The quantitative estimate of drug-likeness (QED) is 0.744. The monoisotopic (exact) mass is 195 g/mol. The first-order valence-electron chi connectivity index (χ1n) is 4.34. The molecule has 1 aromatic heterocycles. The van der Waals surface area contributed by atoms with Crippen molar-refractivity contribution in [2.24, 2.45) is 0 Å². The summed E-state index contributed by atoms with van der Waals surface area (Å²) in [5, 5.41) is 8.59. The third-order valence-electron chi connectivity index (χ3n) is 1.74. The molecule has 76 valence electrons. The highest BCUT2D eigenvalue weighted by Crippen LogP contribution is 2.13. The zero-order valence-corrected chi connectivity index (χ0v) is 8.19. The molecule has 0 aliphatic carbocycles. The minimum absolute atomic E-state index is 0.119. The lowest BCUT2D eigenvalue weighted by Gasteiger charge is -2.06. The minimum Gasteiger partial charge on any atom is -0.481 e. The Morgan fingerprint density at radius 2 is 2.21 bits per heavy atom. The summed E-state index contributed by atoms with van der Waals surface area (Å²) in [5.74, 6) is -0.571. The second kappa shape index (κ2) is 4.04. The summed E-state index contributed by atoms with van der Waals surface area (Å²) < 4.78 is 0. The van der Waals surface area contributed by atoms with Gasteiger partial charge in [0.1, 0.15) is 0 Å². The number of anilines is 1. The molecule has 0 radical (unpaired) electrons. The first kappa shape index (κ1) is 10.4. The van der Waals surface area contributed by atoms with Crippen LogP contribution < -0.4 is 5.73 Å². The maximum absolute atomic E-state index is 10.5. The van der Waals surface area contributed by atoms with Crippen molar-refractivity contribution in [2.45, 2.75) is 26.2 Å². The van der Waals surface area contributed by atoms with Gasteiger partial charge in [-0.25, -0.2) is 9.97 Å². The van der Waals surface area contributed by atoms with Crippen LogP contribution in [0, 0.1) is 0 Å². The standard InChI is InChI=1S/C9H13N3O2/c1-5(2)7-3-6(4-8(13)14)11-9(10)12-7/h3,5H,4H2,1-2H3,(H,13,14)(H2,10,11,12). The third kappa shape index (κ3) is 2.69. The highest BCUT2D eigenvalue weighted by atomic mass is 16.4. The topological polar surface area (TPSA) is 89.1 Å². The second-order valence-corrected chi connectivity index (χ2v) is 3.37. The number of carbonyl (C=O) groups is 1. The van der Waals surface area contributed by atoms with Gasteiger partial charge < -0.3 is 10.8 Å². The lowest BCUT2D eigenvalue weighted by Crippen LogP contribution is -2.08. The number of carboxylic acid groups (broad SMARTS) is 1. The molecule has 0 spiro atoms. The van der Waals surface area contributed by atoms with E-state index in [2.05, 4.69) is 9.97 Å². The van der Waals surface area contributed by atoms with E-state index in [4.69, 9.17) is 10.8 Å². The molecule has 0 aliphatic rings. The molecular formula is C9H13N3O2. The summed E-state index contributed by atoms with van der Waals surface area (Å²) in [6.45, 7) is 3.93. The maximum Gasteiger partial charge on any atom is 0.309 e. The normalized spacial score (nSPS) is 10.5. The Hall–Kier alpha value is -1.65. The first-order chi connectivity index (χ1) is 6.49. The fourth-order valence-corrected chi connectivity index (χ4v) is 1.08. The minimum atomic E-state index is -0.919. The van der Waals surface area contributed by atoms with E-state index in [-0.39, 0.29) is 18.3 Å². The lowest BCUT2D eigenvalue weighted by molar-refractivity contribution is -0.136. The molecule has 0 aromatic carbocycles. The molecule has 5 nitrogen and oxygen atoms in total. The van der Waals surface area contributed by atoms with Crippen molar-refractivity contribution in [3.63, 3.8) is 0 Å². The average Bonchev–Trinajstić information content (AvgIpc) is 2.01. The molecule has 5 heteroatoms. The molecule has 0 atom stereocenters. The van der Waals surface area contributed by atoms with Gasteiger partial charge in [0.15, 0.2) is 0 Å². The van der Waals surface area contributed by atoms with E-state index in [1.54, 1.807) is 6.07 Å². The zero-order valence-electron chi connectivity index (χ0n) is 8.19. The van der Waals surface area contributed by atoms with Crippen LogP contribution in [-0.2, 0) is 11.2 Å². The number of nitrogens with two attached hydrogens (primary N) is 1. The van der Waals surface area contributed by atoms with Crippen LogP contribution in [0.2, 0.25) is 0 Å². The molecular weight excluding hydrogens is 182 g/mol. The fourth-order valence-electron chi connectivity index (χ4n) is 1.08. The molecule has 3 N–H and O–H groups in total. The Kier molecular flexibility index (Phi) is 3.01. The van der Waals surface area contributed by atoms with E-state index in [1.807, 2.05) is 13.8 Å². The van der Waals surface area contributed by atoms with Crippen LogP contribution in [0.1, 0.15) is 31.2 Å². The van der Waals surface area contributed by atoms with Gasteiger partial charge in [0.2, 0.25) is 5.95 Å². The van der Waals surface area contributed by atoms with Crippen molar-refractivity contribution in [1.82, 2.24) is 9.97 Å². The van der Waals surface area contributed by atoms with E-state index in [0.717, 1.165) is 5.69 Å². The third-order valence-corrected chi connectivity index (χ3v) is 1.74. The van der Waals surface area contributed by atoms with Crippen LogP contribution in [0.3, 0.4) is 0 Å². The van der Waals surface area contributed by atoms with Gasteiger partial charge in [-0.3, -0.25) is 4.79 Å². The number of rotatable bonds is 3. The van der Waals surface area contributed by atoms with Gasteiger partial charge in [0, 0.05) is 5.69 Å². The van der Waals surface area contributed by atoms with E-state index < -0.39 is 5.97 Å². The molecule has 0 aliphatic heterocycles. The maximum atomic E-state index is 10.5. The highest BCUT2D eigenvalue weighted by molar-refractivity contribution is 5.69. The fraction of sp³-hybridized carbons (Fsp3) is 0.444. The Morgan fingerprint density at radius 1 is 1.57 bits per heavy atom. The number of aromatic nitrogens is 2. The summed E-state index contributed by atoms with van der Waals surface area (Å²) in [5.41, 5.74) is 6.68. The molecule has 14 heavy (non-hydrogen) atoms. The lowest BCUT2D eigenvalue weighted by atomic mass is 10.1. The molecule has 0 saturated heterocycles.